The van der Waals surface area contributed by atoms with Gasteiger partial charge in [0.25, 0.3) is 5.91 Å². The quantitative estimate of drug-likeness (QED) is 0.823. The lowest BCUT2D eigenvalue weighted by Crippen LogP contribution is -2.38. The summed E-state index contributed by atoms with van der Waals surface area (Å²) in [6, 6.07) is 6.36. The molecule has 1 heterocycles. The number of para-hydroxylation sites is 1. The van der Waals surface area contributed by atoms with Crippen LogP contribution in [-0.2, 0) is 0 Å². The minimum atomic E-state index is 0.111. The van der Waals surface area contributed by atoms with Crippen LogP contribution in [0.2, 0.25) is 0 Å². The topological polar surface area (TPSA) is 29.5 Å². The van der Waals surface area contributed by atoms with Crippen LogP contribution in [0, 0.1) is 0 Å². The first-order valence-electron chi connectivity index (χ1n) is 8.16. The van der Waals surface area contributed by atoms with Gasteiger partial charge < -0.3 is 9.64 Å². The monoisotopic (exact) mass is 287 g/mol. The number of fused-ring (bicyclic) bond motifs is 1. The Morgan fingerprint density at radius 1 is 1.19 bits per heavy atom. The van der Waals surface area contributed by atoms with Crippen molar-refractivity contribution >= 4 is 5.91 Å². The Bertz CT molecular complexity index is 534. The van der Waals surface area contributed by atoms with Crippen molar-refractivity contribution in [2.45, 2.75) is 64.0 Å². The molecule has 1 fully saturated rings. The summed E-state index contributed by atoms with van der Waals surface area (Å²) < 4.78 is 5.96. The summed E-state index contributed by atoms with van der Waals surface area (Å²) in [5, 5.41) is 0. The van der Waals surface area contributed by atoms with Crippen LogP contribution >= 0.6 is 0 Å². The van der Waals surface area contributed by atoms with Crippen molar-refractivity contribution in [3.8, 4) is 5.75 Å². The molecule has 0 spiro atoms. The minimum absolute atomic E-state index is 0.111. The lowest BCUT2D eigenvalue weighted by Gasteiger charge is -2.31. The Hall–Kier alpha value is -1.51. The molecule has 3 nitrogen and oxygen atoms in total. The second kappa shape index (κ2) is 5.70. The molecule has 1 saturated carbocycles. The van der Waals surface area contributed by atoms with Gasteiger partial charge in [-0.3, -0.25) is 4.79 Å². The molecular weight excluding hydrogens is 262 g/mol. The van der Waals surface area contributed by atoms with Gasteiger partial charge in [-0.1, -0.05) is 38.3 Å². The summed E-state index contributed by atoms with van der Waals surface area (Å²) in [5.41, 5.74) is 1.90. The maximum atomic E-state index is 12.9. The van der Waals surface area contributed by atoms with E-state index in [1.54, 1.807) is 0 Å². The highest BCUT2D eigenvalue weighted by molar-refractivity contribution is 5.97. The fraction of sp³-hybridized carbons (Fsp3) is 0.611. The van der Waals surface area contributed by atoms with Gasteiger partial charge in [0.2, 0.25) is 0 Å². The van der Waals surface area contributed by atoms with Crippen LogP contribution in [0.1, 0.15) is 67.8 Å². The second-order valence-electron chi connectivity index (χ2n) is 6.54. The van der Waals surface area contributed by atoms with Crippen LogP contribution in [0.3, 0.4) is 0 Å². The Balaban J connectivity index is 1.86. The molecule has 114 valence electrons. The molecule has 1 aliphatic heterocycles. The number of amides is 1. The Labute approximate surface area is 127 Å². The van der Waals surface area contributed by atoms with Crippen molar-refractivity contribution in [2.24, 2.45) is 0 Å². The van der Waals surface area contributed by atoms with E-state index in [0.717, 1.165) is 24.2 Å². The predicted octanol–water partition coefficient (Wildman–Crippen LogP) is 3.98. The number of benzene rings is 1. The third kappa shape index (κ3) is 2.54. The van der Waals surface area contributed by atoms with Gasteiger partial charge in [0.15, 0.2) is 0 Å². The van der Waals surface area contributed by atoms with E-state index in [0.29, 0.717) is 12.0 Å². The Morgan fingerprint density at radius 2 is 1.90 bits per heavy atom. The van der Waals surface area contributed by atoms with Gasteiger partial charge in [-0.15, -0.1) is 0 Å². The zero-order valence-electron chi connectivity index (χ0n) is 13.3. The molecule has 0 bridgehead atoms. The first-order valence-corrected chi connectivity index (χ1v) is 8.16. The summed E-state index contributed by atoms with van der Waals surface area (Å²) in [6.45, 7) is 4.24. The first kappa shape index (κ1) is 14.4. The maximum Gasteiger partial charge on any atom is 0.257 e. The molecule has 1 amide bonds. The molecule has 3 heteroatoms. The molecule has 0 radical (unpaired) electrons. The van der Waals surface area contributed by atoms with Gasteiger partial charge in [0.05, 0.1) is 5.56 Å². The third-order valence-corrected chi connectivity index (χ3v) is 5.22. The lowest BCUT2D eigenvalue weighted by atomic mass is 9.93. The molecular formula is C18H25NO2. The van der Waals surface area contributed by atoms with Crippen molar-refractivity contribution < 1.29 is 9.53 Å². The number of hydrogen-bond acceptors (Lipinski definition) is 2. The SMILES string of the molecule is C[C@@H]1Oc2c(C(=O)N(C)C3CCCCC3)cccc2[C@H]1C. The zero-order valence-corrected chi connectivity index (χ0v) is 13.3. The smallest absolute Gasteiger partial charge is 0.257 e. The Morgan fingerprint density at radius 3 is 2.62 bits per heavy atom. The first-order chi connectivity index (χ1) is 10.1. The van der Waals surface area contributed by atoms with Gasteiger partial charge in [-0.25, -0.2) is 0 Å². The average Bonchev–Trinajstić information content (AvgIpc) is 2.82. The van der Waals surface area contributed by atoms with Gasteiger partial charge in [0, 0.05) is 24.6 Å². The summed E-state index contributed by atoms with van der Waals surface area (Å²) in [6.07, 6.45) is 6.18. The molecule has 1 aliphatic carbocycles. The van der Waals surface area contributed by atoms with E-state index in [1.807, 2.05) is 24.1 Å². The van der Waals surface area contributed by atoms with E-state index in [-0.39, 0.29) is 12.0 Å². The molecule has 2 atom stereocenters. The highest BCUT2D eigenvalue weighted by atomic mass is 16.5. The molecule has 1 aromatic rings. The van der Waals surface area contributed by atoms with E-state index in [9.17, 15) is 4.79 Å². The summed E-state index contributed by atoms with van der Waals surface area (Å²) >= 11 is 0. The van der Waals surface area contributed by atoms with Crippen LogP contribution < -0.4 is 4.74 Å². The number of ether oxygens (including phenoxy) is 1. The molecule has 0 saturated heterocycles. The summed E-state index contributed by atoms with van der Waals surface area (Å²) in [5.74, 6) is 1.28. The number of carbonyl (C=O) groups is 1. The molecule has 3 rings (SSSR count). The van der Waals surface area contributed by atoms with E-state index in [4.69, 9.17) is 4.74 Å². The normalized spacial score (nSPS) is 25.3. The lowest BCUT2D eigenvalue weighted by molar-refractivity contribution is 0.0691. The van der Waals surface area contributed by atoms with Gasteiger partial charge >= 0.3 is 0 Å². The highest BCUT2D eigenvalue weighted by Gasteiger charge is 2.33. The van der Waals surface area contributed by atoms with Crippen LogP contribution in [0.4, 0.5) is 0 Å². The number of hydrogen-bond donors (Lipinski definition) is 0. The van der Waals surface area contributed by atoms with E-state index in [2.05, 4.69) is 19.9 Å². The molecule has 2 aliphatic rings. The van der Waals surface area contributed by atoms with Gasteiger partial charge in [-0.2, -0.15) is 0 Å². The average molecular weight is 287 g/mol. The maximum absolute atomic E-state index is 12.9. The van der Waals surface area contributed by atoms with Crippen molar-refractivity contribution in [1.29, 1.82) is 0 Å². The largest absolute Gasteiger partial charge is 0.489 e. The van der Waals surface area contributed by atoms with E-state index >= 15 is 0 Å². The van der Waals surface area contributed by atoms with Crippen LogP contribution in [0.25, 0.3) is 0 Å². The Kier molecular flexibility index (Phi) is 3.92. The standard InChI is InChI=1S/C18H25NO2/c1-12-13(2)21-17-15(12)10-7-11-16(17)18(20)19(3)14-8-5-4-6-9-14/h7,10-14H,4-6,8-9H2,1-3H3/t12-,13-/m0/s1. The summed E-state index contributed by atoms with van der Waals surface area (Å²) in [4.78, 5) is 14.8. The van der Waals surface area contributed by atoms with Crippen molar-refractivity contribution in [2.75, 3.05) is 7.05 Å². The summed E-state index contributed by atoms with van der Waals surface area (Å²) in [7, 11) is 1.94. The number of nitrogens with zero attached hydrogens (tertiary/aromatic N) is 1. The van der Waals surface area contributed by atoms with Crippen LogP contribution in [-0.4, -0.2) is 30.0 Å². The molecule has 0 aromatic heterocycles. The van der Waals surface area contributed by atoms with E-state index < -0.39 is 0 Å². The molecule has 1 aromatic carbocycles. The molecule has 0 N–H and O–H groups in total. The number of carbonyl (C=O) groups excluding carboxylic acids is 1. The third-order valence-electron chi connectivity index (χ3n) is 5.22. The van der Waals surface area contributed by atoms with Gasteiger partial charge in [0.1, 0.15) is 11.9 Å². The van der Waals surface area contributed by atoms with Crippen LogP contribution in [0.5, 0.6) is 5.75 Å². The van der Waals surface area contributed by atoms with Crippen LogP contribution in [0.15, 0.2) is 18.2 Å². The van der Waals surface area contributed by atoms with E-state index in [1.165, 1.54) is 24.8 Å². The highest BCUT2D eigenvalue weighted by Crippen LogP contribution is 2.40. The number of rotatable bonds is 2. The predicted molar refractivity (Wildman–Crippen MR) is 83.9 cm³/mol. The fourth-order valence-electron chi connectivity index (χ4n) is 3.58. The fourth-order valence-corrected chi connectivity index (χ4v) is 3.58. The van der Waals surface area contributed by atoms with Gasteiger partial charge in [-0.05, 0) is 25.8 Å². The second-order valence-corrected chi connectivity index (χ2v) is 6.54. The zero-order chi connectivity index (χ0) is 15.0. The van der Waals surface area contributed by atoms with Crippen molar-refractivity contribution in [3.63, 3.8) is 0 Å². The van der Waals surface area contributed by atoms with Crippen molar-refractivity contribution in [1.82, 2.24) is 4.90 Å². The van der Waals surface area contributed by atoms with Crippen molar-refractivity contribution in [3.05, 3.63) is 29.3 Å². The minimum Gasteiger partial charge on any atom is -0.489 e. The molecule has 21 heavy (non-hydrogen) atoms. The molecule has 0 unspecified atom stereocenters.